The van der Waals surface area contributed by atoms with Gasteiger partial charge in [0.1, 0.15) is 6.61 Å². The van der Waals surface area contributed by atoms with Crippen molar-refractivity contribution in [3.8, 4) is 11.5 Å². The highest BCUT2D eigenvalue weighted by Crippen LogP contribution is 2.30. The second kappa shape index (κ2) is 7.74. The molecule has 0 saturated heterocycles. The van der Waals surface area contributed by atoms with Gasteiger partial charge in [0.25, 0.3) is 11.8 Å². The number of hydrazine groups is 1. The Labute approximate surface area is 169 Å². The fourth-order valence-corrected chi connectivity index (χ4v) is 3.15. The zero-order valence-corrected chi connectivity index (χ0v) is 15.9. The number of benzene rings is 2. The molecular formula is C20H18N4O6. The maximum Gasteiger partial charge on any atom is 0.316 e. The van der Waals surface area contributed by atoms with Crippen LogP contribution < -0.4 is 31.4 Å². The molecule has 1 atom stereocenters. The second-order valence-electron chi connectivity index (χ2n) is 6.54. The predicted molar refractivity (Wildman–Crippen MR) is 106 cm³/mol. The van der Waals surface area contributed by atoms with Gasteiger partial charge in [0.05, 0.1) is 11.0 Å². The first kappa shape index (κ1) is 19.2. The van der Waals surface area contributed by atoms with Crippen molar-refractivity contribution in [3.05, 3.63) is 68.7 Å². The molecule has 154 valence electrons. The van der Waals surface area contributed by atoms with E-state index in [0.29, 0.717) is 29.1 Å². The molecule has 2 heterocycles. The minimum Gasteiger partial charge on any atom is -0.485 e. The predicted octanol–water partition coefficient (Wildman–Crippen LogP) is 0.311. The molecule has 0 saturated carbocycles. The number of hydrogen-bond acceptors (Lipinski definition) is 6. The van der Waals surface area contributed by atoms with Gasteiger partial charge in [-0.3, -0.25) is 30.0 Å². The number of hydrogen-bond donors (Lipinski definition) is 3. The molecule has 0 radical (unpaired) electrons. The highest BCUT2D eigenvalue weighted by atomic mass is 16.6. The molecule has 4 rings (SSSR count). The van der Waals surface area contributed by atoms with Crippen LogP contribution in [0, 0.1) is 0 Å². The van der Waals surface area contributed by atoms with Crippen LogP contribution in [0.1, 0.15) is 17.3 Å². The van der Waals surface area contributed by atoms with Crippen molar-refractivity contribution in [2.75, 3.05) is 6.61 Å². The van der Waals surface area contributed by atoms with Gasteiger partial charge < -0.3 is 19.0 Å². The van der Waals surface area contributed by atoms with E-state index in [1.54, 1.807) is 37.3 Å². The molecule has 2 aromatic carbocycles. The fourth-order valence-electron chi connectivity index (χ4n) is 3.15. The van der Waals surface area contributed by atoms with Gasteiger partial charge in [0, 0.05) is 12.1 Å². The Hall–Kier alpha value is -4.08. The van der Waals surface area contributed by atoms with E-state index in [1.807, 2.05) is 0 Å². The van der Waals surface area contributed by atoms with E-state index >= 15 is 0 Å². The number of para-hydroxylation sites is 2. The Morgan fingerprint density at radius 1 is 1.13 bits per heavy atom. The SMILES string of the molecule is CCn1c(=O)c(=O)[nH]c2cc(C(=O)NNC(=O)C3COc4ccccc4O3)ccc21. The van der Waals surface area contributed by atoms with E-state index in [4.69, 9.17) is 9.47 Å². The van der Waals surface area contributed by atoms with Gasteiger partial charge in [0.15, 0.2) is 11.5 Å². The molecule has 0 bridgehead atoms. The lowest BCUT2D eigenvalue weighted by molar-refractivity contribution is -0.131. The van der Waals surface area contributed by atoms with Gasteiger partial charge in [-0.05, 0) is 37.3 Å². The topological polar surface area (TPSA) is 132 Å². The third kappa shape index (κ3) is 3.50. The van der Waals surface area contributed by atoms with Crippen LogP contribution in [-0.4, -0.2) is 34.1 Å². The van der Waals surface area contributed by atoms with Crippen molar-refractivity contribution >= 4 is 22.8 Å². The maximum absolute atomic E-state index is 12.4. The maximum atomic E-state index is 12.4. The molecule has 10 nitrogen and oxygen atoms in total. The van der Waals surface area contributed by atoms with Crippen LogP contribution in [0.15, 0.2) is 52.1 Å². The lowest BCUT2D eigenvalue weighted by Gasteiger charge is -2.25. The zero-order chi connectivity index (χ0) is 21.3. The summed E-state index contributed by atoms with van der Waals surface area (Å²) in [4.78, 5) is 50.9. The summed E-state index contributed by atoms with van der Waals surface area (Å²) < 4.78 is 12.4. The Balaban J connectivity index is 1.46. The largest absolute Gasteiger partial charge is 0.485 e. The van der Waals surface area contributed by atoms with Crippen molar-refractivity contribution in [1.82, 2.24) is 20.4 Å². The molecule has 0 fully saturated rings. The summed E-state index contributed by atoms with van der Waals surface area (Å²) in [6.45, 7) is 2.06. The molecule has 3 N–H and O–H groups in total. The van der Waals surface area contributed by atoms with Crippen LogP contribution >= 0.6 is 0 Å². The number of ether oxygens (including phenoxy) is 2. The third-order valence-corrected chi connectivity index (χ3v) is 4.65. The summed E-state index contributed by atoms with van der Waals surface area (Å²) in [6, 6.07) is 11.4. The molecular weight excluding hydrogens is 392 g/mol. The van der Waals surface area contributed by atoms with E-state index in [2.05, 4.69) is 15.8 Å². The van der Waals surface area contributed by atoms with Crippen LogP contribution in [0.2, 0.25) is 0 Å². The molecule has 1 aromatic heterocycles. The zero-order valence-electron chi connectivity index (χ0n) is 15.9. The Kier molecular flexibility index (Phi) is 4.97. The molecule has 1 unspecified atom stereocenters. The summed E-state index contributed by atoms with van der Waals surface area (Å²) in [5.74, 6) is -0.193. The number of nitrogens with one attached hydrogen (secondary N) is 3. The Morgan fingerprint density at radius 3 is 2.67 bits per heavy atom. The van der Waals surface area contributed by atoms with Crippen molar-refractivity contribution < 1.29 is 19.1 Å². The van der Waals surface area contributed by atoms with E-state index < -0.39 is 29.0 Å². The Morgan fingerprint density at radius 2 is 1.90 bits per heavy atom. The monoisotopic (exact) mass is 410 g/mol. The average Bonchev–Trinajstić information content (AvgIpc) is 2.77. The lowest BCUT2D eigenvalue weighted by atomic mass is 10.2. The van der Waals surface area contributed by atoms with Crippen LogP contribution in [0.5, 0.6) is 11.5 Å². The van der Waals surface area contributed by atoms with Crippen molar-refractivity contribution in [2.45, 2.75) is 19.6 Å². The normalized spacial score (nSPS) is 14.9. The van der Waals surface area contributed by atoms with Crippen LogP contribution in [0.25, 0.3) is 11.0 Å². The molecule has 0 spiro atoms. The van der Waals surface area contributed by atoms with Crippen molar-refractivity contribution in [1.29, 1.82) is 0 Å². The highest BCUT2D eigenvalue weighted by molar-refractivity contribution is 5.98. The number of rotatable bonds is 3. The minimum atomic E-state index is -0.924. The van der Waals surface area contributed by atoms with Crippen LogP contribution in [0.4, 0.5) is 0 Å². The molecule has 3 aromatic rings. The number of carbonyl (C=O) groups is 2. The fraction of sp³-hybridized carbons (Fsp3) is 0.200. The van der Waals surface area contributed by atoms with Gasteiger partial charge in [0.2, 0.25) is 6.10 Å². The van der Waals surface area contributed by atoms with E-state index in [0.717, 1.165) is 0 Å². The van der Waals surface area contributed by atoms with Crippen LogP contribution in [-0.2, 0) is 11.3 Å². The number of aryl methyl sites for hydroxylation is 1. The molecule has 1 aliphatic heterocycles. The number of carbonyl (C=O) groups excluding carboxylic acids is 2. The molecule has 0 aliphatic carbocycles. The summed E-state index contributed by atoms with van der Waals surface area (Å²) in [7, 11) is 0. The summed E-state index contributed by atoms with van der Waals surface area (Å²) >= 11 is 0. The number of H-pyrrole nitrogens is 1. The minimum absolute atomic E-state index is 0.00444. The smallest absolute Gasteiger partial charge is 0.316 e. The highest BCUT2D eigenvalue weighted by Gasteiger charge is 2.27. The summed E-state index contributed by atoms with van der Waals surface area (Å²) in [5, 5.41) is 0. The standard InChI is InChI=1S/C20H18N4O6/c1-2-24-13-8-7-11(9-12(13)21-19(27)20(24)28)17(25)22-23-18(26)16-10-29-14-5-3-4-6-15(14)30-16/h3-9,16H,2,10H2,1H3,(H,21,27)(H,22,25)(H,23,26). The van der Waals surface area contributed by atoms with E-state index in [1.165, 1.54) is 16.7 Å². The number of nitrogens with zero attached hydrogens (tertiary/aromatic N) is 1. The third-order valence-electron chi connectivity index (χ3n) is 4.65. The first-order chi connectivity index (χ1) is 14.5. The number of fused-ring (bicyclic) bond motifs is 2. The van der Waals surface area contributed by atoms with Gasteiger partial charge >= 0.3 is 11.1 Å². The van der Waals surface area contributed by atoms with Crippen molar-refractivity contribution in [3.63, 3.8) is 0 Å². The number of amides is 2. The van der Waals surface area contributed by atoms with Crippen molar-refractivity contribution in [2.24, 2.45) is 0 Å². The first-order valence-corrected chi connectivity index (χ1v) is 9.23. The van der Waals surface area contributed by atoms with E-state index in [9.17, 15) is 19.2 Å². The van der Waals surface area contributed by atoms with Gasteiger partial charge in [-0.2, -0.15) is 0 Å². The van der Waals surface area contributed by atoms with Gasteiger partial charge in [-0.1, -0.05) is 12.1 Å². The molecule has 2 amide bonds. The summed E-state index contributed by atoms with van der Waals surface area (Å²) in [5.41, 5.74) is 4.19. The second-order valence-corrected chi connectivity index (χ2v) is 6.54. The molecule has 30 heavy (non-hydrogen) atoms. The summed E-state index contributed by atoms with van der Waals surface area (Å²) in [6.07, 6.45) is -0.924. The lowest BCUT2D eigenvalue weighted by Crippen LogP contribution is -2.50. The molecule has 10 heteroatoms. The molecule has 1 aliphatic rings. The van der Waals surface area contributed by atoms with E-state index in [-0.39, 0.29) is 12.2 Å². The average molecular weight is 410 g/mol. The Bertz CT molecular complexity index is 1260. The van der Waals surface area contributed by atoms with Gasteiger partial charge in [-0.25, -0.2) is 0 Å². The first-order valence-electron chi connectivity index (χ1n) is 9.23. The van der Waals surface area contributed by atoms with Crippen LogP contribution in [0.3, 0.4) is 0 Å². The number of aromatic amines is 1. The van der Waals surface area contributed by atoms with Gasteiger partial charge in [-0.15, -0.1) is 0 Å². The number of aromatic nitrogens is 2. The quantitative estimate of drug-likeness (QED) is 0.421.